The van der Waals surface area contributed by atoms with E-state index < -0.39 is 10.0 Å². The fourth-order valence-corrected chi connectivity index (χ4v) is 5.19. The lowest BCUT2D eigenvalue weighted by molar-refractivity contribution is -0.120. The maximum absolute atomic E-state index is 12.8. The first-order valence-electron chi connectivity index (χ1n) is 10.2. The molecule has 0 bridgehead atoms. The predicted octanol–water partition coefficient (Wildman–Crippen LogP) is 3.96. The molecule has 0 spiro atoms. The highest BCUT2D eigenvalue weighted by atomic mass is 35.5. The van der Waals surface area contributed by atoms with Gasteiger partial charge in [-0.2, -0.15) is 4.31 Å². The number of carbonyl (C=O) groups excluding carboxylic acids is 1. The van der Waals surface area contributed by atoms with Crippen LogP contribution in [0.3, 0.4) is 0 Å². The summed E-state index contributed by atoms with van der Waals surface area (Å²) >= 11 is 6.24. The number of likely N-dealkylation sites (tertiary alicyclic amines) is 1. The minimum Gasteiger partial charge on any atom is -0.323 e. The maximum Gasteiger partial charge on any atom is 0.243 e. The Morgan fingerprint density at radius 2 is 1.71 bits per heavy atom. The summed E-state index contributed by atoms with van der Waals surface area (Å²) < 4.78 is 26.9. The van der Waals surface area contributed by atoms with E-state index in [2.05, 4.69) is 10.2 Å². The Kier molecular flexibility index (Phi) is 8.74. The fraction of sp³-hybridized carbons (Fsp3) is 0.650. The van der Waals surface area contributed by atoms with Crippen LogP contribution in [0.15, 0.2) is 23.1 Å². The van der Waals surface area contributed by atoms with Crippen molar-refractivity contribution in [2.45, 2.75) is 63.8 Å². The van der Waals surface area contributed by atoms with E-state index in [-0.39, 0.29) is 16.8 Å². The Hall–Kier alpha value is -1.15. The smallest absolute Gasteiger partial charge is 0.243 e. The molecule has 0 unspecified atom stereocenters. The molecule has 0 aromatic heterocycles. The van der Waals surface area contributed by atoms with Crippen LogP contribution >= 0.6 is 11.6 Å². The number of carbonyl (C=O) groups is 1. The van der Waals surface area contributed by atoms with Crippen LogP contribution in [0.5, 0.6) is 0 Å². The van der Waals surface area contributed by atoms with Crippen molar-refractivity contribution in [2.24, 2.45) is 0 Å². The zero-order chi connectivity index (χ0) is 20.7. The van der Waals surface area contributed by atoms with Crippen molar-refractivity contribution >= 4 is 33.2 Å². The first-order chi connectivity index (χ1) is 13.3. The van der Waals surface area contributed by atoms with Gasteiger partial charge >= 0.3 is 0 Å². The maximum atomic E-state index is 12.8. The quantitative estimate of drug-likeness (QED) is 0.712. The lowest BCUT2D eigenvalue weighted by atomic mass is 10.1. The largest absolute Gasteiger partial charge is 0.323 e. The van der Waals surface area contributed by atoms with Crippen molar-refractivity contribution in [1.82, 2.24) is 9.21 Å². The van der Waals surface area contributed by atoms with Gasteiger partial charge in [0, 0.05) is 13.1 Å². The molecule has 1 atom stereocenters. The molecular formula is C20H32ClN3O3S. The first kappa shape index (κ1) is 23.1. The van der Waals surface area contributed by atoms with Crippen molar-refractivity contribution in [3.63, 3.8) is 0 Å². The number of nitrogens with one attached hydrogen (secondary N) is 1. The second kappa shape index (κ2) is 10.6. The number of sulfonamides is 1. The lowest BCUT2D eigenvalue weighted by Crippen LogP contribution is -2.43. The van der Waals surface area contributed by atoms with Gasteiger partial charge in [0.15, 0.2) is 0 Å². The van der Waals surface area contributed by atoms with Crippen LogP contribution in [0.4, 0.5) is 5.69 Å². The summed E-state index contributed by atoms with van der Waals surface area (Å²) in [6.07, 6.45) is 5.84. The average Bonchev–Trinajstić information content (AvgIpc) is 2.63. The van der Waals surface area contributed by atoms with Gasteiger partial charge in [-0.3, -0.25) is 9.69 Å². The van der Waals surface area contributed by atoms with Crippen LogP contribution in [0.25, 0.3) is 0 Å². The Bertz CT molecular complexity index is 758. The third kappa shape index (κ3) is 5.69. The molecular weight excluding hydrogens is 398 g/mol. The van der Waals surface area contributed by atoms with Crippen LogP contribution in [-0.2, 0) is 14.8 Å². The highest BCUT2D eigenvalue weighted by Crippen LogP contribution is 2.27. The van der Waals surface area contributed by atoms with Crippen LogP contribution in [0.1, 0.15) is 52.9 Å². The molecule has 1 aromatic carbocycles. The molecule has 0 radical (unpaired) electrons. The van der Waals surface area contributed by atoms with Gasteiger partial charge in [0.1, 0.15) is 0 Å². The monoisotopic (exact) mass is 429 g/mol. The molecule has 1 heterocycles. The van der Waals surface area contributed by atoms with Gasteiger partial charge in [-0.1, -0.05) is 44.7 Å². The van der Waals surface area contributed by atoms with Crippen LogP contribution in [-0.4, -0.2) is 55.8 Å². The first-order valence-corrected chi connectivity index (χ1v) is 12.0. The second-order valence-corrected chi connectivity index (χ2v) is 9.55. The average molecular weight is 430 g/mol. The number of anilines is 1. The van der Waals surface area contributed by atoms with Crippen molar-refractivity contribution in [2.75, 3.05) is 31.5 Å². The van der Waals surface area contributed by atoms with Crippen LogP contribution in [0.2, 0.25) is 5.02 Å². The summed E-state index contributed by atoms with van der Waals surface area (Å²) in [6, 6.07) is 4.16. The highest BCUT2D eigenvalue weighted by Gasteiger charge is 2.25. The molecule has 1 aliphatic heterocycles. The van der Waals surface area contributed by atoms with E-state index in [1.54, 1.807) is 13.8 Å². The van der Waals surface area contributed by atoms with Gasteiger partial charge in [0.05, 0.1) is 21.6 Å². The molecule has 0 saturated carbocycles. The summed E-state index contributed by atoms with van der Waals surface area (Å²) in [4.78, 5) is 15.1. The minimum atomic E-state index is -3.61. The standard InChI is InChI=1S/C20H32ClN3O3S/c1-4-24(5-2)28(26,27)17-11-12-18(21)19(15-17)22-20(25)16(3)23-13-9-7-6-8-10-14-23/h11-12,15-16H,4-10,13-14H2,1-3H3,(H,22,25)/t16-/m1/s1. The third-order valence-corrected chi connectivity index (χ3v) is 7.73. The Labute approximate surface area is 174 Å². The molecule has 1 amide bonds. The number of hydrogen-bond donors (Lipinski definition) is 1. The summed E-state index contributed by atoms with van der Waals surface area (Å²) in [5.74, 6) is -0.167. The summed E-state index contributed by atoms with van der Waals surface area (Å²) in [6.45, 7) is 8.05. The molecule has 28 heavy (non-hydrogen) atoms. The molecule has 8 heteroatoms. The molecule has 1 aromatic rings. The summed E-state index contributed by atoms with van der Waals surface area (Å²) in [5.41, 5.74) is 0.332. The molecule has 0 aliphatic carbocycles. The SMILES string of the molecule is CCN(CC)S(=O)(=O)c1ccc(Cl)c(NC(=O)[C@@H](C)N2CCCCCCC2)c1. The van der Waals surface area contributed by atoms with E-state index in [1.165, 1.54) is 41.8 Å². The number of benzene rings is 1. The Morgan fingerprint density at radius 3 is 2.29 bits per heavy atom. The van der Waals surface area contributed by atoms with E-state index in [0.29, 0.717) is 23.8 Å². The van der Waals surface area contributed by atoms with E-state index >= 15 is 0 Å². The zero-order valence-electron chi connectivity index (χ0n) is 17.1. The fourth-order valence-electron chi connectivity index (χ4n) is 3.54. The number of halogens is 1. The summed E-state index contributed by atoms with van der Waals surface area (Å²) in [7, 11) is -3.61. The minimum absolute atomic E-state index is 0.134. The van der Waals surface area contributed by atoms with Crippen molar-refractivity contribution in [3.8, 4) is 0 Å². The van der Waals surface area contributed by atoms with Crippen molar-refractivity contribution in [3.05, 3.63) is 23.2 Å². The third-order valence-electron chi connectivity index (χ3n) is 5.36. The van der Waals surface area contributed by atoms with E-state index in [1.807, 2.05) is 6.92 Å². The van der Waals surface area contributed by atoms with Gasteiger partial charge in [0.25, 0.3) is 0 Å². The second-order valence-electron chi connectivity index (χ2n) is 7.20. The molecule has 1 fully saturated rings. The molecule has 158 valence electrons. The van der Waals surface area contributed by atoms with Gasteiger partial charge < -0.3 is 5.32 Å². The Morgan fingerprint density at radius 1 is 1.14 bits per heavy atom. The Balaban J connectivity index is 2.17. The van der Waals surface area contributed by atoms with E-state index in [4.69, 9.17) is 11.6 Å². The van der Waals surface area contributed by atoms with Gasteiger partial charge in [-0.05, 0) is 51.1 Å². The van der Waals surface area contributed by atoms with E-state index in [0.717, 1.165) is 25.9 Å². The van der Waals surface area contributed by atoms with Crippen LogP contribution < -0.4 is 5.32 Å². The molecule has 1 aliphatic rings. The number of amides is 1. The topological polar surface area (TPSA) is 69.7 Å². The molecule has 6 nitrogen and oxygen atoms in total. The van der Waals surface area contributed by atoms with Crippen LogP contribution in [0, 0.1) is 0 Å². The van der Waals surface area contributed by atoms with E-state index in [9.17, 15) is 13.2 Å². The summed E-state index contributed by atoms with van der Waals surface area (Å²) in [5, 5.41) is 3.16. The van der Waals surface area contributed by atoms with Crippen molar-refractivity contribution < 1.29 is 13.2 Å². The number of nitrogens with zero attached hydrogens (tertiary/aromatic N) is 2. The van der Waals surface area contributed by atoms with Gasteiger partial charge in [-0.25, -0.2) is 8.42 Å². The van der Waals surface area contributed by atoms with Gasteiger partial charge in [0.2, 0.25) is 15.9 Å². The molecule has 2 rings (SSSR count). The molecule has 1 N–H and O–H groups in total. The number of hydrogen-bond acceptors (Lipinski definition) is 4. The predicted molar refractivity (Wildman–Crippen MR) is 114 cm³/mol. The normalized spacial score (nSPS) is 17.8. The number of rotatable bonds is 7. The highest BCUT2D eigenvalue weighted by molar-refractivity contribution is 7.89. The zero-order valence-corrected chi connectivity index (χ0v) is 18.7. The van der Waals surface area contributed by atoms with Gasteiger partial charge in [-0.15, -0.1) is 0 Å². The lowest BCUT2D eigenvalue weighted by Gasteiger charge is -2.29. The molecule has 1 saturated heterocycles. The van der Waals surface area contributed by atoms with Crippen molar-refractivity contribution in [1.29, 1.82) is 0 Å².